The summed E-state index contributed by atoms with van der Waals surface area (Å²) in [7, 11) is 1.66. The summed E-state index contributed by atoms with van der Waals surface area (Å²) in [6.45, 7) is 10.7. The Balaban J connectivity index is 1.91. The molecule has 2 fully saturated rings. The zero-order valence-electron chi connectivity index (χ0n) is 16.3. The van der Waals surface area contributed by atoms with Crippen LogP contribution in [0.1, 0.15) is 43.0 Å². The minimum absolute atomic E-state index is 0.0419. The van der Waals surface area contributed by atoms with Gasteiger partial charge < -0.3 is 14.6 Å². The van der Waals surface area contributed by atoms with E-state index in [1.54, 1.807) is 19.2 Å². The lowest BCUT2D eigenvalue weighted by atomic mass is 9.53. The number of esters is 1. The number of aliphatic hydroxyl groups is 1. The Kier molecular flexibility index (Phi) is 5.87. The lowest BCUT2D eigenvalue weighted by Crippen LogP contribution is -2.58. The summed E-state index contributed by atoms with van der Waals surface area (Å²) in [5, 5.41) is 11.1. The Morgan fingerprint density at radius 3 is 2.63 bits per heavy atom. The van der Waals surface area contributed by atoms with E-state index in [1.807, 2.05) is 25.1 Å². The molecule has 3 rings (SSSR count). The van der Waals surface area contributed by atoms with Crippen LogP contribution in [0.25, 0.3) is 0 Å². The Morgan fingerprint density at radius 2 is 2.00 bits per heavy atom. The Morgan fingerprint density at radius 1 is 1.30 bits per heavy atom. The zero-order chi connectivity index (χ0) is 19.6. The van der Waals surface area contributed by atoms with Gasteiger partial charge in [0.15, 0.2) is 0 Å². The Hall–Kier alpha value is -1.91. The topological polar surface area (TPSA) is 55.8 Å². The van der Waals surface area contributed by atoms with Crippen LogP contribution in [0.5, 0.6) is 0 Å². The highest BCUT2D eigenvalue weighted by Crippen LogP contribution is 2.55. The molecule has 0 radical (unpaired) electrons. The number of aliphatic hydroxyl groups excluding tert-OH is 1. The zero-order valence-corrected chi connectivity index (χ0v) is 16.3. The van der Waals surface area contributed by atoms with E-state index < -0.39 is 11.5 Å². The largest absolute Gasteiger partial charge is 0.458 e. The number of methoxy groups -OCH3 is 1. The molecule has 2 aliphatic carbocycles. The summed E-state index contributed by atoms with van der Waals surface area (Å²) in [6, 6.07) is 9.05. The van der Waals surface area contributed by atoms with Gasteiger partial charge in [-0.3, -0.25) is 0 Å². The van der Waals surface area contributed by atoms with Gasteiger partial charge in [0.25, 0.3) is 0 Å². The fourth-order valence-electron chi connectivity index (χ4n) is 5.10. The van der Waals surface area contributed by atoms with Crippen LogP contribution in [0, 0.1) is 17.3 Å². The van der Waals surface area contributed by atoms with Crippen molar-refractivity contribution in [3.8, 4) is 0 Å². The molecule has 0 aliphatic heterocycles. The third-order valence-corrected chi connectivity index (χ3v) is 6.41. The van der Waals surface area contributed by atoms with Gasteiger partial charge in [-0.05, 0) is 44.7 Å². The highest BCUT2D eigenvalue weighted by Gasteiger charge is 2.57. The Bertz CT molecular complexity index is 710. The molecule has 1 N–H and O–H groups in total. The Labute approximate surface area is 161 Å². The quantitative estimate of drug-likeness (QED) is 0.625. The van der Waals surface area contributed by atoms with E-state index >= 15 is 0 Å². The van der Waals surface area contributed by atoms with Gasteiger partial charge in [0.05, 0.1) is 18.3 Å². The number of carbonyl (C=O) groups is 1. The van der Waals surface area contributed by atoms with Gasteiger partial charge >= 0.3 is 5.97 Å². The molecule has 2 aliphatic rings. The first-order chi connectivity index (χ1) is 12.9. The number of rotatable bonds is 5. The summed E-state index contributed by atoms with van der Waals surface area (Å²) in [5.41, 5.74) is 2.12. The van der Waals surface area contributed by atoms with Crippen LogP contribution in [0.15, 0.2) is 54.6 Å². The van der Waals surface area contributed by atoms with Gasteiger partial charge in [-0.15, -0.1) is 0 Å². The van der Waals surface area contributed by atoms with Gasteiger partial charge in [-0.2, -0.15) is 0 Å². The fourth-order valence-corrected chi connectivity index (χ4v) is 5.10. The number of carbonyl (C=O) groups excluding carboxylic acids is 1. The first-order valence-corrected chi connectivity index (χ1v) is 9.67. The van der Waals surface area contributed by atoms with Crippen LogP contribution < -0.4 is 0 Å². The predicted octanol–water partition coefficient (Wildman–Crippen LogP) is 4.16. The van der Waals surface area contributed by atoms with Crippen molar-refractivity contribution in [1.82, 2.24) is 0 Å². The van der Waals surface area contributed by atoms with E-state index in [0.29, 0.717) is 18.6 Å². The first-order valence-electron chi connectivity index (χ1n) is 9.67. The molecule has 0 bridgehead atoms. The average Bonchev–Trinajstić information content (AvgIpc) is 2.64. The van der Waals surface area contributed by atoms with Crippen LogP contribution in [0.2, 0.25) is 0 Å². The monoisotopic (exact) mass is 370 g/mol. The van der Waals surface area contributed by atoms with Crippen LogP contribution in [0.3, 0.4) is 0 Å². The molecule has 4 heteroatoms. The molecule has 0 heterocycles. The maximum absolute atomic E-state index is 12.7. The third-order valence-electron chi connectivity index (χ3n) is 6.41. The second-order valence-corrected chi connectivity index (χ2v) is 8.08. The SMILES string of the molecule is C=C1CC[C@@H](OC(=O)c2ccccc2)[C@]2(COC)CC[C@@H](C(=C)C)[C@@H](O)[C@@H]12. The molecule has 1 aromatic carbocycles. The number of fused-ring (bicyclic) bond motifs is 1. The highest BCUT2D eigenvalue weighted by atomic mass is 16.5. The summed E-state index contributed by atoms with van der Waals surface area (Å²) in [6.07, 6.45) is 2.19. The molecule has 27 heavy (non-hydrogen) atoms. The standard InChI is InChI=1S/C23H30O4/c1-15(2)18-12-13-23(14-26-4)19(11-10-16(3)20(23)21(18)24)27-22(25)17-8-6-5-7-9-17/h5-9,18-21,24H,1,3,10-14H2,2,4H3/t18-,19+,20+,21+,23+/m0/s1. The van der Waals surface area contributed by atoms with Crippen LogP contribution in [-0.4, -0.2) is 37.0 Å². The minimum Gasteiger partial charge on any atom is -0.458 e. The highest BCUT2D eigenvalue weighted by molar-refractivity contribution is 5.89. The lowest BCUT2D eigenvalue weighted by Gasteiger charge is -2.55. The number of benzene rings is 1. The molecule has 5 atom stereocenters. The number of hydrogen-bond acceptors (Lipinski definition) is 4. The van der Waals surface area contributed by atoms with Gasteiger partial charge in [-0.1, -0.05) is 42.5 Å². The summed E-state index contributed by atoms with van der Waals surface area (Å²) in [4.78, 5) is 12.7. The second-order valence-electron chi connectivity index (χ2n) is 8.08. The molecule has 4 nitrogen and oxygen atoms in total. The molecule has 2 saturated carbocycles. The average molecular weight is 370 g/mol. The van der Waals surface area contributed by atoms with Crippen molar-refractivity contribution >= 4 is 5.97 Å². The maximum atomic E-state index is 12.7. The fraction of sp³-hybridized carbons (Fsp3) is 0.522. The van der Waals surface area contributed by atoms with Crippen molar-refractivity contribution in [2.75, 3.05) is 13.7 Å². The van der Waals surface area contributed by atoms with Gasteiger partial charge in [0, 0.05) is 24.4 Å². The van der Waals surface area contributed by atoms with Gasteiger partial charge in [-0.25, -0.2) is 4.79 Å². The molecule has 1 aromatic rings. The summed E-state index contributed by atoms with van der Waals surface area (Å²) >= 11 is 0. The van der Waals surface area contributed by atoms with E-state index in [-0.39, 0.29) is 23.9 Å². The molecular weight excluding hydrogens is 340 g/mol. The number of ether oxygens (including phenoxy) is 2. The van der Waals surface area contributed by atoms with Crippen molar-refractivity contribution in [2.45, 2.75) is 44.8 Å². The molecule has 0 unspecified atom stereocenters. The van der Waals surface area contributed by atoms with Crippen molar-refractivity contribution in [3.63, 3.8) is 0 Å². The van der Waals surface area contributed by atoms with Crippen LogP contribution in [-0.2, 0) is 9.47 Å². The van der Waals surface area contributed by atoms with Crippen molar-refractivity contribution in [3.05, 3.63) is 60.2 Å². The van der Waals surface area contributed by atoms with Gasteiger partial charge in [0.1, 0.15) is 6.10 Å². The van der Waals surface area contributed by atoms with Crippen molar-refractivity contribution < 1.29 is 19.4 Å². The molecule has 0 saturated heterocycles. The normalized spacial score (nSPS) is 33.2. The van der Waals surface area contributed by atoms with Crippen molar-refractivity contribution in [1.29, 1.82) is 0 Å². The van der Waals surface area contributed by atoms with Gasteiger partial charge in [0.2, 0.25) is 0 Å². The van der Waals surface area contributed by atoms with E-state index in [2.05, 4.69) is 13.2 Å². The molecule has 146 valence electrons. The summed E-state index contributed by atoms with van der Waals surface area (Å²) in [5.74, 6) is -0.436. The first kappa shape index (κ1) is 19.8. The molecule has 0 spiro atoms. The molecule has 0 aromatic heterocycles. The van der Waals surface area contributed by atoms with E-state index in [1.165, 1.54) is 0 Å². The lowest BCUT2D eigenvalue weighted by molar-refractivity contribution is -0.147. The van der Waals surface area contributed by atoms with E-state index in [9.17, 15) is 9.90 Å². The number of hydrogen-bond donors (Lipinski definition) is 1. The molecular formula is C23H30O4. The molecule has 0 amide bonds. The van der Waals surface area contributed by atoms with Crippen LogP contribution in [0.4, 0.5) is 0 Å². The van der Waals surface area contributed by atoms with Crippen LogP contribution >= 0.6 is 0 Å². The second kappa shape index (κ2) is 7.99. The minimum atomic E-state index is -0.572. The smallest absolute Gasteiger partial charge is 0.338 e. The van der Waals surface area contributed by atoms with E-state index in [4.69, 9.17) is 9.47 Å². The predicted molar refractivity (Wildman–Crippen MR) is 105 cm³/mol. The van der Waals surface area contributed by atoms with Crippen molar-refractivity contribution in [2.24, 2.45) is 17.3 Å². The third kappa shape index (κ3) is 3.61. The summed E-state index contributed by atoms with van der Waals surface area (Å²) < 4.78 is 11.6. The van der Waals surface area contributed by atoms with E-state index in [0.717, 1.165) is 30.4 Å². The maximum Gasteiger partial charge on any atom is 0.338 e.